The largest absolute Gasteiger partial charge is 0.424 e. The molecule has 23 heavy (non-hydrogen) atoms. The Morgan fingerprint density at radius 3 is 2.96 bits per heavy atom. The molecule has 7 nitrogen and oxygen atoms in total. The predicted molar refractivity (Wildman–Crippen MR) is 83.7 cm³/mol. The van der Waals surface area contributed by atoms with Gasteiger partial charge < -0.3 is 14.6 Å². The van der Waals surface area contributed by atoms with Crippen molar-refractivity contribution < 1.29 is 13.6 Å². The fourth-order valence-corrected chi connectivity index (χ4v) is 2.93. The van der Waals surface area contributed by atoms with Crippen molar-refractivity contribution in [2.75, 3.05) is 18.5 Å². The first-order chi connectivity index (χ1) is 11.0. The molecule has 2 heterocycles. The third-order valence-electron chi connectivity index (χ3n) is 3.07. The molecular formula is C14H14FN5O2S. The van der Waals surface area contributed by atoms with Gasteiger partial charge in [-0.3, -0.25) is 4.79 Å². The Balaban J connectivity index is 1.62. The topological polar surface area (TPSA) is 84.2 Å². The molecule has 0 aliphatic carbocycles. The van der Waals surface area contributed by atoms with Crippen molar-refractivity contribution in [3.63, 3.8) is 0 Å². The fraction of sp³-hybridized carbons (Fsp3) is 0.286. The number of likely N-dealkylation sites (N-methyl/N-ethyl adjacent to an activating group) is 1. The summed E-state index contributed by atoms with van der Waals surface area (Å²) in [4.78, 5) is 17.8. The summed E-state index contributed by atoms with van der Waals surface area (Å²) in [5.41, 5.74) is 0.320. The number of fused-ring (bicyclic) bond motifs is 1. The third kappa shape index (κ3) is 3.45. The van der Waals surface area contributed by atoms with Crippen LogP contribution in [0, 0.1) is 12.7 Å². The maximum absolute atomic E-state index is 13.7. The van der Waals surface area contributed by atoms with Crippen LogP contribution in [0.3, 0.4) is 0 Å². The van der Waals surface area contributed by atoms with Crippen molar-refractivity contribution in [2.45, 2.75) is 13.5 Å². The van der Waals surface area contributed by atoms with E-state index in [1.807, 2.05) is 0 Å². The van der Waals surface area contributed by atoms with Crippen LogP contribution in [0.1, 0.15) is 11.8 Å². The van der Waals surface area contributed by atoms with Gasteiger partial charge in [0.2, 0.25) is 17.7 Å². The van der Waals surface area contributed by atoms with Gasteiger partial charge in [-0.1, -0.05) is 17.4 Å². The summed E-state index contributed by atoms with van der Waals surface area (Å²) in [6, 6.07) is 4.80. The second-order valence-electron chi connectivity index (χ2n) is 4.93. The van der Waals surface area contributed by atoms with Crippen LogP contribution in [-0.2, 0) is 11.3 Å². The van der Waals surface area contributed by atoms with Gasteiger partial charge in [0.1, 0.15) is 11.3 Å². The van der Waals surface area contributed by atoms with E-state index in [2.05, 4.69) is 20.5 Å². The van der Waals surface area contributed by atoms with Gasteiger partial charge in [0.15, 0.2) is 5.13 Å². The van der Waals surface area contributed by atoms with Crippen LogP contribution in [0.2, 0.25) is 0 Å². The lowest BCUT2D eigenvalue weighted by Crippen LogP contribution is -2.34. The van der Waals surface area contributed by atoms with Gasteiger partial charge in [-0.2, -0.15) is 0 Å². The molecule has 0 saturated carbocycles. The Kier molecular flexibility index (Phi) is 4.20. The highest BCUT2D eigenvalue weighted by atomic mass is 32.1. The van der Waals surface area contributed by atoms with Crippen LogP contribution < -0.4 is 10.2 Å². The molecule has 1 aromatic carbocycles. The van der Waals surface area contributed by atoms with E-state index >= 15 is 0 Å². The first-order valence-electron chi connectivity index (χ1n) is 6.85. The zero-order valence-corrected chi connectivity index (χ0v) is 13.4. The Morgan fingerprint density at radius 1 is 1.43 bits per heavy atom. The predicted octanol–water partition coefficient (Wildman–Crippen LogP) is 1.88. The van der Waals surface area contributed by atoms with Crippen LogP contribution in [0.5, 0.6) is 0 Å². The molecule has 0 fully saturated rings. The van der Waals surface area contributed by atoms with E-state index in [4.69, 9.17) is 4.42 Å². The summed E-state index contributed by atoms with van der Waals surface area (Å²) < 4.78 is 19.6. The molecule has 9 heteroatoms. The molecule has 0 atom stereocenters. The number of hydrogen-bond donors (Lipinski definition) is 1. The van der Waals surface area contributed by atoms with Crippen LogP contribution in [-0.4, -0.2) is 34.7 Å². The number of halogens is 1. The molecule has 1 amide bonds. The van der Waals surface area contributed by atoms with Crippen molar-refractivity contribution in [2.24, 2.45) is 0 Å². The van der Waals surface area contributed by atoms with Crippen LogP contribution in [0.15, 0.2) is 22.6 Å². The van der Waals surface area contributed by atoms with E-state index in [1.54, 1.807) is 31.0 Å². The summed E-state index contributed by atoms with van der Waals surface area (Å²) in [5, 5.41) is 10.7. The molecule has 0 spiro atoms. The van der Waals surface area contributed by atoms with E-state index in [-0.39, 0.29) is 24.8 Å². The normalized spacial score (nSPS) is 10.9. The monoisotopic (exact) mass is 335 g/mol. The molecule has 0 aliphatic rings. The summed E-state index contributed by atoms with van der Waals surface area (Å²) in [7, 11) is 1.73. The lowest BCUT2D eigenvalue weighted by atomic mass is 10.3. The highest BCUT2D eigenvalue weighted by molar-refractivity contribution is 7.22. The van der Waals surface area contributed by atoms with Gasteiger partial charge in [-0.25, -0.2) is 9.37 Å². The first kappa shape index (κ1) is 15.3. The standard InChI is InChI=1S/C14H14FN5O2S/c1-8-18-19-12(22-8)6-16-11(21)7-20(2)14-17-13-9(15)4-3-5-10(13)23-14/h3-5H,6-7H2,1-2H3,(H,16,21). The number of aryl methyl sites for hydroxylation is 1. The lowest BCUT2D eigenvalue weighted by Gasteiger charge is -2.14. The van der Waals surface area contributed by atoms with Gasteiger partial charge in [0.05, 0.1) is 17.8 Å². The van der Waals surface area contributed by atoms with Crippen molar-refractivity contribution in [1.82, 2.24) is 20.5 Å². The number of rotatable bonds is 5. The number of hydrogen-bond acceptors (Lipinski definition) is 7. The van der Waals surface area contributed by atoms with Crippen LogP contribution in [0.25, 0.3) is 10.2 Å². The van der Waals surface area contributed by atoms with E-state index in [9.17, 15) is 9.18 Å². The number of nitrogens with zero attached hydrogens (tertiary/aromatic N) is 4. The number of nitrogens with one attached hydrogen (secondary N) is 1. The Bertz CT molecular complexity index is 847. The lowest BCUT2D eigenvalue weighted by molar-refractivity contribution is -0.120. The first-order valence-corrected chi connectivity index (χ1v) is 7.66. The molecule has 3 rings (SSSR count). The molecule has 0 unspecified atom stereocenters. The average molecular weight is 335 g/mol. The highest BCUT2D eigenvalue weighted by Gasteiger charge is 2.14. The third-order valence-corrected chi connectivity index (χ3v) is 4.21. The minimum absolute atomic E-state index is 0.0918. The number of anilines is 1. The van der Waals surface area contributed by atoms with Gasteiger partial charge >= 0.3 is 0 Å². The SMILES string of the molecule is Cc1nnc(CNC(=O)CN(C)c2nc3c(F)cccc3s2)o1. The number of amides is 1. The fourth-order valence-electron chi connectivity index (χ4n) is 1.99. The number of carbonyl (C=O) groups excluding carboxylic acids is 1. The maximum Gasteiger partial charge on any atom is 0.240 e. The molecule has 120 valence electrons. The second kappa shape index (κ2) is 6.29. The smallest absolute Gasteiger partial charge is 0.240 e. The van der Waals surface area contributed by atoms with E-state index in [0.717, 1.165) is 4.70 Å². The van der Waals surface area contributed by atoms with Crippen molar-refractivity contribution in [1.29, 1.82) is 0 Å². The Morgan fingerprint density at radius 2 is 2.26 bits per heavy atom. The molecule has 3 aromatic rings. The summed E-state index contributed by atoms with van der Waals surface area (Å²) >= 11 is 1.33. The Labute approximate surface area is 135 Å². The van der Waals surface area contributed by atoms with Gasteiger partial charge in [0, 0.05) is 14.0 Å². The number of thiazole rings is 1. The number of aromatic nitrogens is 3. The minimum Gasteiger partial charge on any atom is -0.424 e. The van der Waals surface area contributed by atoms with Crippen molar-refractivity contribution in [3.05, 3.63) is 35.8 Å². The summed E-state index contributed by atoms with van der Waals surface area (Å²) in [6.07, 6.45) is 0. The Hall–Kier alpha value is -2.55. The molecule has 0 radical (unpaired) electrons. The van der Waals surface area contributed by atoms with Crippen LogP contribution in [0.4, 0.5) is 9.52 Å². The molecular weight excluding hydrogens is 321 g/mol. The molecule has 2 aromatic heterocycles. The van der Waals surface area contributed by atoms with E-state index in [0.29, 0.717) is 22.4 Å². The zero-order valence-electron chi connectivity index (χ0n) is 12.5. The second-order valence-corrected chi connectivity index (χ2v) is 5.94. The highest BCUT2D eigenvalue weighted by Crippen LogP contribution is 2.29. The van der Waals surface area contributed by atoms with Crippen molar-refractivity contribution in [3.8, 4) is 0 Å². The summed E-state index contributed by atoms with van der Waals surface area (Å²) in [6.45, 7) is 1.94. The quantitative estimate of drug-likeness (QED) is 0.766. The van der Waals surface area contributed by atoms with Gasteiger partial charge in [-0.15, -0.1) is 10.2 Å². The average Bonchev–Trinajstić information content (AvgIpc) is 3.12. The van der Waals surface area contributed by atoms with Crippen LogP contribution >= 0.6 is 11.3 Å². The summed E-state index contributed by atoms with van der Waals surface area (Å²) in [5.74, 6) is 0.209. The van der Waals surface area contributed by atoms with E-state index < -0.39 is 0 Å². The number of benzene rings is 1. The zero-order chi connectivity index (χ0) is 16.4. The van der Waals surface area contributed by atoms with Gasteiger partial charge in [0.25, 0.3) is 0 Å². The molecule has 0 bridgehead atoms. The minimum atomic E-state index is -0.366. The number of para-hydroxylation sites is 1. The van der Waals surface area contributed by atoms with Crippen molar-refractivity contribution >= 4 is 32.6 Å². The molecule has 1 N–H and O–H groups in total. The van der Waals surface area contributed by atoms with E-state index in [1.165, 1.54) is 17.4 Å². The molecule has 0 aliphatic heterocycles. The van der Waals surface area contributed by atoms with Gasteiger partial charge in [-0.05, 0) is 12.1 Å². The maximum atomic E-state index is 13.7. The molecule has 0 saturated heterocycles. The number of carbonyl (C=O) groups is 1.